The molecular weight excluding hydrogens is 316 g/mol. The fourth-order valence-corrected chi connectivity index (χ4v) is 2.30. The summed E-state index contributed by atoms with van der Waals surface area (Å²) in [5, 5.41) is 5.98. The molecule has 0 saturated heterocycles. The highest BCUT2D eigenvalue weighted by Gasteiger charge is 2.11. The average molecular weight is 332 g/mol. The monoisotopic (exact) mass is 332 g/mol. The van der Waals surface area contributed by atoms with Crippen LogP contribution in [0.3, 0.4) is 0 Å². The van der Waals surface area contributed by atoms with Crippen molar-refractivity contribution in [1.82, 2.24) is 4.98 Å². The van der Waals surface area contributed by atoms with E-state index in [1.807, 2.05) is 6.07 Å². The van der Waals surface area contributed by atoms with Gasteiger partial charge < -0.3 is 16.4 Å². The Hall–Kier alpha value is -3.67. The quantitative estimate of drug-likeness (QED) is 0.668. The van der Waals surface area contributed by atoms with Crippen LogP contribution in [-0.2, 0) is 0 Å². The van der Waals surface area contributed by atoms with Crippen LogP contribution in [0, 0.1) is 0 Å². The normalized spacial score (nSPS) is 10.1. The van der Waals surface area contributed by atoms with Crippen molar-refractivity contribution in [3.05, 3.63) is 84.2 Å². The van der Waals surface area contributed by atoms with Gasteiger partial charge in [0.1, 0.15) is 0 Å². The SMILES string of the molecule is NC(=O)c1ccc(Nc2ccccc2C(=O)Nc2cccnc2)cc1. The minimum absolute atomic E-state index is 0.246. The van der Waals surface area contributed by atoms with Crippen molar-refractivity contribution in [2.45, 2.75) is 0 Å². The van der Waals surface area contributed by atoms with Crippen molar-refractivity contribution in [3.8, 4) is 0 Å². The lowest BCUT2D eigenvalue weighted by atomic mass is 10.1. The molecule has 124 valence electrons. The maximum absolute atomic E-state index is 12.5. The van der Waals surface area contributed by atoms with Gasteiger partial charge in [-0.3, -0.25) is 14.6 Å². The number of anilines is 3. The zero-order valence-corrected chi connectivity index (χ0v) is 13.3. The third kappa shape index (κ3) is 4.00. The predicted octanol–water partition coefficient (Wildman–Crippen LogP) is 3.18. The van der Waals surface area contributed by atoms with Crippen LogP contribution in [0.4, 0.5) is 17.1 Å². The number of aromatic nitrogens is 1. The van der Waals surface area contributed by atoms with Gasteiger partial charge in [0.15, 0.2) is 0 Å². The molecule has 0 spiro atoms. The van der Waals surface area contributed by atoms with Crippen molar-refractivity contribution in [3.63, 3.8) is 0 Å². The maximum atomic E-state index is 12.5. The van der Waals surface area contributed by atoms with E-state index in [2.05, 4.69) is 15.6 Å². The fraction of sp³-hybridized carbons (Fsp3) is 0. The highest BCUT2D eigenvalue weighted by molar-refractivity contribution is 6.08. The van der Waals surface area contributed by atoms with Crippen LogP contribution < -0.4 is 16.4 Å². The molecule has 25 heavy (non-hydrogen) atoms. The second-order valence-corrected chi connectivity index (χ2v) is 5.31. The number of primary amides is 1. The first kappa shape index (κ1) is 16.2. The number of nitrogens with one attached hydrogen (secondary N) is 2. The molecule has 0 aliphatic carbocycles. The molecule has 6 heteroatoms. The first-order valence-corrected chi connectivity index (χ1v) is 7.61. The van der Waals surface area contributed by atoms with Crippen molar-refractivity contribution < 1.29 is 9.59 Å². The van der Waals surface area contributed by atoms with Crippen LogP contribution in [0.5, 0.6) is 0 Å². The van der Waals surface area contributed by atoms with Gasteiger partial charge in [0, 0.05) is 17.4 Å². The maximum Gasteiger partial charge on any atom is 0.257 e. The molecule has 0 radical (unpaired) electrons. The van der Waals surface area contributed by atoms with Crippen LogP contribution in [0.2, 0.25) is 0 Å². The molecule has 3 aromatic rings. The van der Waals surface area contributed by atoms with Crippen LogP contribution in [0.15, 0.2) is 73.1 Å². The molecule has 2 aromatic carbocycles. The van der Waals surface area contributed by atoms with E-state index >= 15 is 0 Å². The van der Waals surface area contributed by atoms with Crippen molar-refractivity contribution >= 4 is 28.9 Å². The summed E-state index contributed by atoms with van der Waals surface area (Å²) in [4.78, 5) is 27.6. The molecule has 0 unspecified atom stereocenters. The van der Waals surface area contributed by atoms with Gasteiger partial charge in [-0.05, 0) is 48.5 Å². The Morgan fingerprint density at radius 1 is 0.880 bits per heavy atom. The van der Waals surface area contributed by atoms with E-state index in [1.165, 1.54) is 0 Å². The standard InChI is InChI=1S/C19H16N4O2/c20-18(24)13-7-9-14(10-8-13)22-17-6-2-1-5-16(17)19(25)23-15-4-3-11-21-12-15/h1-12,22H,(H2,20,24)(H,23,25). The van der Waals surface area contributed by atoms with Gasteiger partial charge in [-0.25, -0.2) is 0 Å². The summed E-state index contributed by atoms with van der Waals surface area (Å²) >= 11 is 0. The van der Waals surface area contributed by atoms with Crippen molar-refractivity contribution in [2.24, 2.45) is 5.73 Å². The lowest BCUT2D eigenvalue weighted by Crippen LogP contribution is -2.14. The average Bonchev–Trinajstić information content (AvgIpc) is 2.63. The van der Waals surface area contributed by atoms with E-state index in [0.717, 1.165) is 5.69 Å². The van der Waals surface area contributed by atoms with Gasteiger partial charge in [0.25, 0.3) is 5.91 Å². The Morgan fingerprint density at radius 3 is 2.32 bits per heavy atom. The summed E-state index contributed by atoms with van der Waals surface area (Å²) in [6, 6.07) is 17.4. The van der Waals surface area contributed by atoms with E-state index < -0.39 is 5.91 Å². The van der Waals surface area contributed by atoms with Crippen LogP contribution in [-0.4, -0.2) is 16.8 Å². The molecule has 2 amide bonds. The number of nitrogens with zero attached hydrogens (tertiary/aromatic N) is 1. The largest absolute Gasteiger partial charge is 0.366 e. The molecule has 1 aromatic heterocycles. The molecule has 0 atom stereocenters. The number of carbonyl (C=O) groups is 2. The van der Waals surface area contributed by atoms with E-state index in [4.69, 9.17) is 5.73 Å². The van der Waals surface area contributed by atoms with E-state index in [-0.39, 0.29) is 5.91 Å². The number of nitrogens with two attached hydrogens (primary N) is 1. The first-order chi connectivity index (χ1) is 12.1. The molecule has 0 fully saturated rings. The van der Waals surface area contributed by atoms with Gasteiger partial charge in [-0.2, -0.15) is 0 Å². The summed E-state index contributed by atoms with van der Waals surface area (Å²) < 4.78 is 0. The smallest absolute Gasteiger partial charge is 0.257 e. The number of para-hydroxylation sites is 1. The molecule has 6 nitrogen and oxygen atoms in total. The fourth-order valence-electron chi connectivity index (χ4n) is 2.30. The molecule has 3 rings (SSSR count). The Morgan fingerprint density at radius 2 is 1.64 bits per heavy atom. The highest BCUT2D eigenvalue weighted by atomic mass is 16.2. The lowest BCUT2D eigenvalue weighted by Gasteiger charge is -2.12. The third-order valence-corrected chi connectivity index (χ3v) is 3.54. The Labute approximate surface area is 144 Å². The second kappa shape index (κ2) is 7.27. The number of pyridine rings is 1. The van der Waals surface area contributed by atoms with Crippen molar-refractivity contribution in [2.75, 3.05) is 10.6 Å². The summed E-state index contributed by atoms with van der Waals surface area (Å²) in [5.41, 5.74) is 8.16. The lowest BCUT2D eigenvalue weighted by molar-refractivity contribution is 0.0997. The van der Waals surface area contributed by atoms with Gasteiger partial charge in [-0.1, -0.05) is 12.1 Å². The van der Waals surface area contributed by atoms with E-state index in [1.54, 1.807) is 67.0 Å². The van der Waals surface area contributed by atoms with E-state index in [9.17, 15) is 9.59 Å². The number of hydrogen-bond acceptors (Lipinski definition) is 4. The number of rotatable bonds is 5. The second-order valence-electron chi connectivity index (χ2n) is 5.31. The van der Waals surface area contributed by atoms with Crippen molar-refractivity contribution in [1.29, 1.82) is 0 Å². The zero-order chi connectivity index (χ0) is 17.6. The number of carbonyl (C=O) groups excluding carboxylic acids is 2. The van der Waals surface area contributed by atoms with Gasteiger partial charge >= 0.3 is 0 Å². The molecular formula is C19H16N4O2. The van der Waals surface area contributed by atoms with Crippen LogP contribution >= 0.6 is 0 Å². The molecule has 0 bridgehead atoms. The van der Waals surface area contributed by atoms with E-state index in [0.29, 0.717) is 22.5 Å². The molecule has 0 aliphatic rings. The zero-order valence-electron chi connectivity index (χ0n) is 13.3. The van der Waals surface area contributed by atoms with Gasteiger partial charge in [0.05, 0.1) is 23.1 Å². The summed E-state index contributed by atoms with van der Waals surface area (Å²) in [6.45, 7) is 0. The van der Waals surface area contributed by atoms with Gasteiger partial charge in [-0.15, -0.1) is 0 Å². The molecule has 0 aliphatic heterocycles. The number of hydrogen-bond donors (Lipinski definition) is 3. The summed E-state index contributed by atoms with van der Waals surface area (Å²) in [5.74, 6) is -0.729. The van der Waals surface area contributed by atoms with Gasteiger partial charge in [0.2, 0.25) is 5.91 Å². The minimum atomic E-state index is -0.484. The third-order valence-electron chi connectivity index (χ3n) is 3.54. The Bertz CT molecular complexity index is 893. The highest BCUT2D eigenvalue weighted by Crippen LogP contribution is 2.22. The first-order valence-electron chi connectivity index (χ1n) is 7.61. The topological polar surface area (TPSA) is 97.1 Å². The van der Waals surface area contributed by atoms with Crippen LogP contribution in [0.25, 0.3) is 0 Å². The summed E-state index contributed by atoms with van der Waals surface area (Å²) in [7, 11) is 0. The number of amides is 2. The molecule has 4 N–H and O–H groups in total. The van der Waals surface area contributed by atoms with Crippen LogP contribution in [0.1, 0.15) is 20.7 Å². The molecule has 0 saturated carbocycles. The Balaban J connectivity index is 1.81. The summed E-state index contributed by atoms with van der Waals surface area (Å²) in [6.07, 6.45) is 3.22. The number of benzene rings is 2. The Kier molecular flexibility index (Phi) is 4.71. The minimum Gasteiger partial charge on any atom is -0.366 e. The predicted molar refractivity (Wildman–Crippen MR) is 96.9 cm³/mol. The molecule has 1 heterocycles.